The summed E-state index contributed by atoms with van der Waals surface area (Å²) in [5, 5.41) is 2.84. The zero-order chi connectivity index (χ0) is 13.1. The minimum absolute atomic E-state index is 0.189. The second kappa shape index (κ2) is 5.69. The maximum Gasteiger partial charge on any atom is 0.256 e. The summed E-state index contributed by atoms with van der Waals surface area (Å²) < 4.78 is 0. The van der Waals surface area contributed by atoms with Gasteiger partial charge in [0.25, 0.3) is 5.91 Å². The minimum atomic E-state index is -0.283. The van der Waals surface area contributed by atoms with Gasteiger partial charge in [0.05, 0.1) is 0 Å². The Balaban J connectivity index is 1.93. The molecule has 1 aliphatic rings. The Labute approximate surface area is 114 Å². The summed E-state index contributed by atoms with van der Waals surface area (Å²) >= 11 is 3.58. The van der Waals surface area contributed by atoms with Crippen molar-refractivity contribution in [3.63, 3.8) is 0 Å². The van der Waals surface area contributed by atoms with Crippen molar-refractivity contribution in [2.75, 3.05) is 6.54 Å². The number of carbonyl (C=O) groups is 1. The van der Waals surface area contributed by atoms with E-state index in [0.29, 0.717) is 17.3 Å². The second-order valence-corrected chi connectivity index (χ2v) is 6.18. The lowest BCUT2D eigenvalue weighted by Crippen LogP contribution is -2.32. The summed E-state index contributed by atoms with van der Waals surface area (Å²) in [6, 6.07) is 1.44. The van der Waals surface area contributed by atoms with Crippen LogP contribution in [0.5, 0.6) is 0 Å². The molecule has 2 unspecified atom stereocenters. The van der Waals surface area contributed by atoms with Crippen molar-refractivity contribution < 1.29 is 4.79 Å². The Hall–Kier alpha value is -1.10. The van der Waals surface area contributed by atoms with E-state index in [2.05, 4.69) is 26.2 Å². The van der Waals surface area contributed by atoms with E-state index < -0.39 is 0 Å². The molecule has 0 bridgehead atoms. The maximum atomic E-state index is 11.9. The van der Waals surface area contributed by atoms with Crippen LogP contribution in [0.3, 0.4) is 0 Å². The average molecular weight is 313 g/mol. The molecule has 0 spiro atoms. The van der Waals surface area contributed by atoms with Crippen molar-refractivity contribution in [1.82, 2.24) is 10.3 Å². The van der Waals surface area contributed by atoms with Gasteiger partial charge in [-0.05, 0) is 32.1 Å². The largest absolute Gasteiger partial charge is 0.364 e. The molecule has 0 saturated heterocycles. The van der Waals surface area contributed by atoms with Gasteiger partial charge in [-0.15, -0.1) is 0 Å². The van der Waals surface area contributed by atoms with Crippen LogP contribution in [0, 0.1) is 12.8 Å². The van der Waals surface area contributed by atoms with Gasteiger partial charge in [-0.3, -0.25) is 9.59 Å². The number of halogens is 1. The second-order valence-electron chi connectivity index (χ2n) is 4.88. The molecule has 1 fully saturated rings. The lowest BCUT2D eigenvalue weighted by Gasteiger charge is -2.10. The van der Waals surface area contributed by atoms with E-state index in [0.717, 1.165) is 25.0 Å². The van der Waals surface area contributed by atoms with Gasteiger partial charge in [-0.2, -0.15) is 0 Å². The van der Waals surface area contributed by atoms with Crippen LogP contribution >= 0.6 is 15.9 Å². The number of aryl methyl sites for hydroxylation is 1. The number of hydrogen-bond acceptors (Lipinski definition) is 2. The monoisotopic (exact) mass is 312 g/mol. The van der Waals surface area contributed by atoms with E-state index in [1.165, 1.54) is 12.3 Å². The van der Waals surface area contributed by atoms with Crippen LogP contribution in [-0.4, -0.2) is 22.3 Å². The Morgan fingerprint density at radius 2 is 2.33 bits per heavy atom. The Kier molecular flexibility index (Phi) is 4.22. The molecule has 2 atom stereocenters. The van der Waals surface area contributed by atoms with Gasteiger partial charge in [0.1, 0.15) is 5.56 Å². The highest BCUT2D eigenvalue weighted by molar-refractivity contribution is 9.09. The molecule has 4 nitrogen and oxygen atoms in total. The molecular weight excluding hydrogens is 296 g/mol. The first-order valence-electron chi connectivity index (χ1n) is 6.18. The fourth-order valence-corrected chi connectivity index (χ4v) is 3.08. The zero-order valence-corrected chi connectivity index (χ0v) is 11.9. The van der Waals surface area contributed by atoms with Gasteiger partial charge in [0.2, 0.25) is 0 Å². The average Bonchev–Trinajstić information content (AvgIpc) is 2.72. The van der Waals surface area contributed by atoms with Gasteiger partial charge in [-0.1, -0.05) is 15.9 Å². The predicted octanol–water partition coefficient (Wildman–Crippen LogP) is 1.98. The molecule has 18 heavy (non-hydrogen) atoms. The predicted molar refractivity (Wildman–Crippen MR) is 74.2 cm³/mol. The Morgan fingerprint density at radius 1 is 1.56 bits per heavy atom. The van der Waals surface area contributed by atoms with Gasteiger partial charge < -0.3 is 10.3 Å². The number of H-pyrrole nitrogens is 1. The molecule has 0 aromatic carbocycles. The number of alkyl halides is 1. The minimum Gasteiger partial charge on any atom is -0.364 e. The molecule has 5 heteroatoms. The molecule has 2 rings (SSSR count). The summed E-state index contributed by atoms with van der Waals surface area (Å²) in [4.78, 5) is 27.0. The van der Waals surface area contributed by atoms with Crippen LogP contribution in [0.4, 0.5) is 0 Å². The van der Waals surface area contributed by atoms with Crippen LogP contribution < -0.4 is 10.7 Å². The highest BCUT2D eigenvalue weighted by Crippen LogP contribution is 2.29. The number of pyridine rings is 1. The summed E-state index contributed by atoms with van der Waals surface area (Å²) in [6.45, 7) is 2.44. The van der Waals surface area contributed by atoms with Crippen LogP contribution in [0.1, 0.15) is 35.3 Å². The molecule has 98 valence electrons. The smallest absolute Gasteiger partial charge is 0.256 e. The molecule has 2 N–H and O–H groups in total. The number of carbonyl (C=O) groups excluding carboxylic acids is 1. The molecule has 1 aromatic heterocycles. The van der Waals surface area contributed by atoms with Crippen LogP contribution in [-0.2, 0) is 0 Å². The van der Waals surface area contributed by atoms with Crippen molar-refractivity contribution in [3.8, 4) is 0 Å². The third-order valence-electron chi connectivity index (χ3n) is 3.33. The molecule has 0 radical (unpaired) electrons. The van der Waals surface area contributed by atoms with Gasteiger partial charge in [0.15, 0.2) is 5.43 Å². The van der Waals surface area contributed by atoms with Crippen molar-refractivity contribution in [1.29, 1.82) is 0 Å². The number of aromatic amines is 1. The molecule has 1 aliphatic carbocycles. The number of rotatable bonds is 3. The first-order chi connectivity index (χ1) is 8.56. The van der Waals surface area contributed by atoms with E-state index in [9.17, 15) is 9.59 Å². The third-order valence-corrected chi connectivity index (χ3v) is 4.16. The van der Waals surface area contributed by atoms with Crippen LogP contribution in [0.2, 0.25) is 0 Å². The molecule has 1 amide bonds. The zero-order valence-electron chi connectivity index (χ0n) is 10.3. The SMILES string of the molecule is Cc1cc(=O)c(C(=O)NCC2CCC(Br)C2)c[nH]1. The van der Waals surface area contributed by atoms with Crippen LogP contribution in [0.25, 0.3) is 0 Å². The highest BCUT2D eigenvalue weighted by Gasteiger charge is 2.23. The number of aromatic nitrogens is 1. The molecule has 0 aliphatic heterocycles. The fraction of sp³-hybridized carbons (Fsp3) is 0.538. The Bertz CT molecular complexity index is 498. The third kappa shape index (κ3) is 3.22. The van der Waals surface area contributed by atoms with Crippen LogP contribution in [0.15, 0.2) is 17.1 Å². The molecule has 1 saturated carbocycles. The topological polar surface area (TPSA) is 62.0 Å². The number of amides is 1. The standard InChI is InChI=1S/C13H17BrN2O2/c1-8-4-12(17)11(7-15-8)13(18)16-6-9-2-3-10(14)5-9/h4,7,9-10H,2-3,5-6H2,1H3,(H,15,17)(H,16,18). The fourth-order valence-electron chi connectivity index (χ4n) is 2.28. The van der Waals surface area contributed by atoms with Crippen molar-refractivity contribution in [2.45, 2.75) is 31.0 Å². The first-order valence-corrected chi connectivity index (χ1v) is 7.09. The van der Waals surface area contributed by atoms with E-state index >= 15 is 0 Å². The molecular formula is C13H17BrN2O2. The van der Waals surface area contributed by atoms with E-state index in [4.69, 9.17) is 0 Å². The quantitative estimate of drug-likeness (QED) is 0.838. The normalized spacial score (nSPS) is 23.0. The van der Waals surface area contributed by atoms with Crippen molar-refractivity contribution in [2.24, 2.45) is 5.92 Å². The van der Waals surface area contributed by atoms with E-state index in [1.54, 1.807) is 6.92 Å². The number of hydrogen-bond donors (Lipinski definition) is 2. The summed E-state index contributed by atoms with van der Waals surface area (Å²) in [5.74, 6) is 0.233. The summed E-state index contributed by atoms with van der Waals surface area (Å²) in [6.07, 6.45) is 4.85. The Morgan fingerprint density at radius 3 is 2.94 bits per heavy atom. The van der Waals surface area contributed by atoms with Gasteiger partial charge in [0, 0.05) is 29.3 Å². The first kappa shape index (κ1) is 13.3. The van der Waals surface area contributed by atoms with Gasteiger partial charge in [-0.25, -0.2) is 0 Å². The highest BCUT2D eigenvalue weighted by atomic mass is 79.9. The molecule has 1 heterocycles. The lowest BCUT2D eigenvalue weighted by atomic mass is 10.1. The molecule has 1 aromatic rings. The lowest BCUT2D eigenvalue weighted by molar-refractivity contribution is 0.0946. The maximum absolute atomic E-state index is 11.9. The van der Waals surface area contributed by atoms with Gasteiger partial charge >= 0.3 is 0 Å². The summed E-state index contributed by atoms with van der Waals surface area (Å²) in [7, 11) is 0. The van der Waals surface area contributed by atoms with Crippen molar-refractivity contribution in [3.05, 3.63) is 33.7 Å². The van der Waals surface area contributed by atoms with Crippen molar-refractivity contribution >= 4 is 21.8 Å². The summed E-state index contributed by atoms with van der Waals surface area (Å²) in [5.41, 5.74) is 0.719. The van der Waals surface area contributed by atoms with E-state index in [1.807, 2.05) is 0 Å². The number of nitrogens with one attached hydrogen (secondary N) is 2. The van der Waals surface area contributed by atoms with E-state index in [-0.39, 0.29) is 16.9 Å².